The van der Waals surface area contributed by atoms with Gasteiger partial charge in [-0.2, -0.15) is 0 Å². The quantitative estimate of drug-likeness (QED) is 0.548. The average molecular weight is 140 g/mol. The van der Waals surface area contributed by atoms with E-state index in [0.717, 1.165) is 6.42 Å². The van der Waals surface area contributed by atoms with Crippen molar-refractivity contribution >= 4 is 0 Å². The highest BCUT2D eigenvalue weighted by molar-refractivity contribution is 4.99. The van der Waals surface area contributed by atoms with Crippen molar-refractivity contribution in [2.24, 2.45) is 11.1 Å². The molecule has 0 heterocycles. The average Bonchev–Trinajstić information content (AvgIpc) is 1.54. The highest BCUT2D eigenvalue weighted by Crippen LogP contribution is 2.38. The Hall–Kier alpha value is -0.0400. The second-order valence-electron chi connectivity index (χ2n) is 4.47. The minimum absolute atomic E-state index is 0.420. The standard InChI is InChI=1S/C9H18N/c1-7-4-8(10)6-9(2,3)5-7/h8H,4-6,10H2,1-3H3. The molecule has 2 N–H and O–H groups in total. The molecule has 0 amide bonds. The first-order valence-electron chi connectivity index (χ1n) is 4.06. The Morgan fingerprint density at radius 2 is 2.10 bits per heavy atom. The van der Waals surface area contributed by atoms with Crippen LogP contribution < -0.4 is 5.73 Å². The van der Waals surface area contributed by atoms with Gasteiger partial charge in [0.1, 0.15) is 0 Å². The fourth-order valence-electron chi connectivity index (χ4n) is 2.19. The van der Waals surface area contributed by atoms with Gasteiger partial charge in [-0.05, 0) is 30.6 Å². The molecule has 10 heavy (non-hydrogen) atoms. The summed E-state index contributed by atoms with van der Waals surface area (Å²) in [7, 11) is 0. The van der Waals surface area contributed by atoms with Gasteiger partial charge in [-0.3, -0.25) is 0 Å². The summed E-state index contributed by atoms with van der Waals surface area (Å²) < 4.78 is 0. The summed E-state index contributed by atoms with van der Waals surface area (Å²) in [6.07, 6.45) is 3.59. The van der Waals surface area contributed by atoms with Gasteiger partial charge in [-0.15, -0.1) is 0 Å². The molecule has 1 rings (SSSR count). The van der Waals surface area contributed by atoms with Gasteiger partial charge in [0.25, 0.3) is 0 Å². The molecule has 1 fully saturated rings. The zero-order chi connectivity index (χ0) is 7.78. The molecule has 1 atom stereocenters. The number of rotatable bonds is 0. The number of hydrogen-bond donors (Lipinski definition) is 1. The maximum Gasteiger partial charge on any atom is 0.00493 e. The molecule has 0 spiro atoms. The van der Waals surface area contributed by atoms with Crippen molar-refractivity contribution in [2.75, 3.05) is 0 Å². The summed E-state index contributed by atoms with van der Waals surface area (Å²) in [6, 6.07) is 0.420. The summed E-state index contributed by atoms with van der Waals surface area (Å²) in [5.41, 5.74) is 6.34. The molecule has 1 radical (unpaired) electrons. The molecule has 0 aromatic rings. The van der Waals surface area contributed by atoms with E-state index in [4.69, 9.17) is 5.73 Å². The van der Waals surface area contributed by atoms with Crippen LogP contribution in [0, 0.1) is 11.3 Å². The van der Waals surface area contributed by atoms with E-state index in [1.807, 2.05) is 0 Å². The van der Waals surface area contributed by atoms with Crippen molar-refractivity contribution in [3.8, 4) is 0 Å². The van der Waals surface area contributed by atoms with Crippen LogP contribution in [0.1, 0.15) is 40.0 Å². The van der Waals surface area contributed by atoms with Crippen LogP contribution in [0.2, 0.25) is 0 Å². The minimum atomic E-state index is 0.420. The van der Waals surface area contributed by atoms with Gasteiger partial charge in [0.05, 0.1) is 0 Å². The molecule has 1 unspecified atom stereocenters. The van der Waals surface area contributed by atoms with Crippen molar-refractivity contribution in [3.63, 3.8) is 0 Å². The van der Waals surface area contributed by atoms with Crippen LogP contribution in [0.25, 0.3) is 0 Å². The SMILES string of the molecule is C[C]1CC(N)CC(C)(C)C1. The Balaban J connectivity index is 2.51. The lowest BCUT2D eigenvalue weighted by atomic mass is 9.71. The molecule has 0 bridgehead atoms. The number of hydrogen-bond acceptors (Lipinski definition) is 1. The smallest absolute Gasteiger partial charge is 0.00493 e. The third-order valence-electron chi connectivity index (χ3n) is 2.21. The molecule has 1 nitrogen and oxygen atoms in total. The summed E-state index contributed by atoms with van der Waals surface area (Å²) in [5, 5.41) is 0. The van der Waals surface area contributed by atoms with Gasteiger partial charge >= 0.3 is 0 Å². The molecule has 1 aliphatic carbocycles. The third-order valence-corrected chi connectivity index (χ3v) is 2.21. The Labute approximate surface area is 64.0 Å². The van der Waals surface area contributed by atoms with Crippen LogP contribution in [-0.2, 0) is 0 Å². The van der Waals surface area contributed by atoms with Crippen LogP contribution in [-0.4, -0.2) is 6.04 Å². The Morgan fingerprint density at radius 1 is 1.50 bits per heavy atom. The monoisotopic (exact) mass is 140 g/mol. The second kappa shape index (κ2) is 2.54. The Morgan fingerprint density at radius 3 is 2.50 bits per heavy atom. The molecule has 0 aromatic heterocycles. The first kappa shape index (κ1) is 8.06. The largest absolute Gasteiger partial charge is 0.328 e. The van der Waals surface area contributed by atoms with Crippen molar-refractivity contribution < 1.29 is 0 Å². The van der Waals surface area contributed by atoms with Gasteiger partial charge in [0.15, 0.2) is 0 Å². The normalized spacial score (nSPS) is 34.2. The fourth-order valence-corrected chi connectivity index (χ4v) is 2.19. The molecule has 1 saturated carbocycles. The van der Waals surface area contributed by atoms with Crippen LogP contribution >= 0.6 is 0 Å². The topological polar surface area (TPSA) is 26.0 Å². The van der Waals surface area contributed by atoms with Crippen molar-refractivity contribution in [1.29, 1.82) is 0 Å². The van der Waals surface area contributed by atoms with E-state index in [2.05, 4.69) is 20.8 Å². The lowest BCUT2D eigenvalue weighted by molar-refractivity contribution is 0.240. The maximum atomic E-state index is 5.88. The van der Waals surface area contributed by atoms with E-state index in [-0.39, 0.29) is 0 Å². The van der Waals surface area contributed by atoms with Crippen molar-refractivity contribution in [2.45, 2.75) is 46.1 Å². The predicted octanol–water partition coefficient (Wildman–Crippen LogP) is 2.12. The fraction of sp³-hybridized carbons (Fsp3) is 0.889. The van der Waals surface area contributed by atoms with Gasteiger partial charge in [-0.25, -0.2) is 0 Å². The van der Waals surface area contributed by atoms with E-state index < -0.39 is 0 Å². The van der Waals surface area contributed by atoms with Gasteiger partial charge < -0.3 is 5.73 Å². The number of nitrogens with two attached hydrogens (primary N) is 1. The Bertz CT molecular complexity index is 106. The first-order chi connectivity index (χ1) is 4.49. The first-order valence-corrected chi connectivity index (χ1v) is 4.06. The molecule has 0 saturated heterocycles. The second-order valence-corrected chi connectivity index (χ2v) is 4.47. The molecule has 0 aliphatic heterocycles. The zero-order valence-corrected chi connectivity index (χ0v) is 7.28. The van der Waals surface area contributed by atoms with Crippen LogP contribution in [0.4, 0.5) is 0 Å². The molecule has 0 aromatic carbocycles. The van der Waals surface area contributed by atoms with E-state index >= 15 is 0 Å². The van der Waals surface area contributed by atoms with Crippen molar-refractivity contribution in [3.05, 3.63) is 5.92 Å². The van der Waals surface area contributed by atoms with E-state index in [0.29, 0.717) is 11.5 Å². The van der Waals surface area contributed by atoms with Crippen LogP contribution in [0.3, 0.4) is 0 Å². The molecular weight excluding hydrogens is 122 g/mol. The van der Waals surface area contributed by atoms with Crippen LogP contribution in [0.15, 0.2) is 0 Å². The molecule has 59 valence electrons. The summed E-state index contributed by atoms with van der Waals surface area (Å²) >= 11 is 0. The van der Waals surface area contributed by atoms with E-state index in [1.54, 1.807) is 5.92 Å². The zero-order valence-electron chi connectivity index (χ0n) is 7.28. The van der Waals surface area contributed by atoms with E-state index in [1.165, 1.54) is 12.8 Å². The molecular formula is C9H18N. The summed E-state index contributed by atoms with van der Waals surface area (Å²) in [5.74, 6) is 1.57. The third kappa shape index (κ3) is 1.98. The van der Waals surface area contributed by atoms with Gasteiger partial charge in [0.2, 0.25) is 0 Å². The Kier molecular flexibility index (Phi) is 2.04. The summed E-state index contributed by atoms with van der Waals surface area (Å²) in [4.78, 5) is 0. The van der Waals surface area contributed by atoms with Crippen LogP contribution in [0.5, 0.6) is 0 Å². The maximum absolute atomic E-state index is 5.88. The highest BCUT2D eigenvalue weighted by atomic mass is 14.7. The van der Waals surface area contributed by atoms with E-state index in [9.17, 15) is 0 Å². The van der Waals surface area contributed by atoms with Gasteiger partial charge in [-0.1, -0.05) is 20.8 Å². The lowest BCUT2D eigenvalue weighted by Crippen LogP contribution is -2.35. The summed E-state index contributed by atoms with van der Waals surface area (Å²) in [6.45, 7) is 6.83. The highest BCUT2D eigenvalue weighted by Gasteiger charge is 2.29. The van der Waals surface area contributed by atoms with Crippen molar-refractivity contribution in [1.82, 2.24) is 0 Å². The minimum Gasteiger partial charge on any atom is -0.328 e. The predicted molar refractivity (Wildman–Crippen MR) is 44.5 cm³/mol. The lowest BCUT2D eigenvalue weighted by Gasteiger charge is -2.36. The molecule has 1 heteroatoms. The van der Waals surface area contributed by atoms with Gasteiger partial charge in [0, 0.05) is 6.04 Å². The molecule has 1 aliphatic rings.